The van der Waals surface area contributed by atoms with Crippen LogP contribution in [-0.4, -0.2) is 58.8 Å². The molecule has 10 heteroatoms. The number of alkyl halides is 3. The quantitative estimate of drug-likeness (QED) is 0.192. The van der Waals surface area contributed by atoms with Gasteiger partial charge in [0.15, 0.2) is 12.6 Å². The van der Waals surface area contributed by atoms with Crippen molar-refractivity contribution in [2.75, 3.05) is 46.6 Å². The van der Waals surface area contributed by atoms with E-state index >= 15 is 0 Å². The van der Waals surface area contributed by atoms with E-state index in [1.807, 2.05) is 6.92 Å². The Kier molecular flexibility index (Phi) is 14.9. The van der Waals surface area contributed by atoms with Gasteiger partial charge in [0.1, 0.15) is 5.75 Å². The molecule has 0 unspecified atom stereocenters. The molecule has 0 heterocycles. The summed E-state index contributed by atoms with van der Waals surface area (Å²) < 4.78 is 52.3. The Labute approximate surface area is 181 Å². The third kappa shape index (κ3) is 13.0. The molecule has 0 saturated carbocycles. The number of hydrogen-bond donors (Lipinski definition) is 2. The number of halogens is 4. The number of para-hydroxylation sites is 1. The van der Waals surface area contributed by atoms with E-state index in [9.17, 15) is 13.2 Å². The maximum absolute atomic E-state index is 12.4. The maximum atomic E-state index is 12.4. The van der Waals surface area contributed by atoms with E-state index in [0.29, 0.717) is 44.4 Å². The number of nitrogens with one attached hydrogen (secondary N) is 2. The molecule has 0 aliphatic rings. The molecule has 0 atom stereocenters. The molecule has 2 N–H and O–H groups in total. The van der Waals surface area contributed by atoms with Gasteiger partial charge in [-0.3, -0.25) is 0 Å². The summed E-state index contributed by atoms with van der Waals surface area (Å²) in [6.45, 7) is 3.86. The van der Waals surface area contributed by atoms with Crippen molar-refractivity contribution in [3.63, 3.8) is 0 Å². The maximum Gasteiger partial charge on any atom is 0.422 e. The standard InChI is InChI=1S/C18H28F3N3O3.HI/c1-3-22-17(23-9-6-10-26-12-11-25-2)24-13-15-7-4-5-8-16(15)27-14-18(19,20)21;/h4-5,7-8H,3,6,9-14H2,1-2H3,(H2,22,23,24);1H. The van der Waals surface area contributed by atoms with Gasteiger partial charge in [-0.1, -0.05) is 18.2 Å². The van der Waals surface area contributed by atoms with E-state index in [1.54, 1.807) is 25.3 Å². The summed E-state index contributed by atoms with van der Waals surface area (Å²) in [4.78, 5) is 4.41. The zero-order valence-corrected chi connectivity index (χ0v) is 18.5. The van der Waals surface area contributed by atoms with Crippen molar-refractivity contribution >= 4 is 29.9 Å². The van der Waals surface area contributed by atoms with Crippen LogP contribution in [0.25, 0.3) is 0 Å². The van der Waals surface area contributed by atoms with E-state index < -0.39 is 12.8 Å². The Morgan fingerprint density at radius 3 is 2.54 bits per heavy atom. The van der Waals surface area contributed by atoms with Crippen LogP contribution in [0.5, 0.6) is 5.75 Å². The Bertz CT molecular complexity index is 560. The van der Waals surface area contributed by atoms with Gasteiger partial charge in [0.2, 0.25) is 0 Å². The highest BCUT2D eigenvalue weighted by molar-refractivity contribution is 14.0. The number of ether oxygens (including phenoxy) is 3. The van der Waals surface area contributed by atoms with Crippen molar-refractivity contribution in [1.82, 2.24) is 10.6 Å². The van der Waals surface area contributed by atoms with Gasteiger partial charge in [-0.05, 0) is 19.4 Å². The zero-order valence-electron chi connectivity index (χ0n) is 16.2. The lowest BCUT2D eigenvalue weighted by Crippen LogP contribution is -2.38. The first kappa shape index (κ1) is 26.7. The molecule has 0 fully saturated rings. The lowest BCUT2D eigenvalue weighted by atomic mass is 10.2. The topological polar surface area (TPSA) is 64.1 Å². The first-order valence-electron chi connectivity index (χ1n) is 8.82. The number of rotatable bonds is 12. The minimum absolute atomic E-state index is 0. The van der Waals surface area contributed by atoms with Gasteiger partial charge in [0.25, 0.3) is 0 Å². The van der Waals surface area contributed by atoms with Crippen LogP contribution >= 0.6 is 24.0 Å². The number of hydrogen-bond acceptors (Lipinski definition) is 4. The molecule has 0 saturated heterocycles. The van der Waals surface area contributed by atoms with Crippen molar-refractivity contribution in [1.29, 1.82) is 0 Å². The molecule has 0 aliphatic carbocycles. The molecule has 28 heavy (non-hydrogen) atoms. The molecule has 0 bridgehead atoms. The Hall–Kier alpha value is -1.27. The SMILES string of the molecule is CCNC(=NCc1ccccc1OCC(F)(F)F)NCCCOCCOC.I. The van der Waals surface area contributed by atoms with Gasteiger partial charge in [-0.25, -0.2) is 4.99 Å². The van der Waals surface area contributed by atoms with E-state index in [-0.39, 0.29) is 36.3 Å². The molecule has 0 amide bonds. The van der Waals surface area contributed by atoms with Crippen LogP contribution in [0.4, 0.5) is 13.2 Å². The van der Waals surface area contributed by atoms with Crippen LogP contribution in [0.3, 0.4) is 0 Å². The Balaban J connectivity index is 0.00000729. The third-order valence-corrected chi connectivity index (χ3v) is 3.31. The highest BCUT2D eigenvalue weighted by atomic mass is 127. The minimum Gasteiger partial charge on any atom is -0.484 e. The predicted molar refractivity (Wildman–Crippen MR) is 114 cm³/mol. The molecule has 0 aliphatic heterocycles. The van der Waals surface area contributed by atoms with Crippen LogP contribution < -0.4 is 15.4 Å². The molecule has 1 rings (SSSR count). The summed E-state index contributed by atoms with van der Waals surface area (Å²) in [5.74, 6) is 0.765. The summed E-state index contributed by atoms with van der Waals surface area (Å²) in [5.41, 5.74) is 0.585. The molecular formula is C18H29F3IN3O3. The van der Waals surface area contributed by atoms with E-state index in [0.717, 1.165) is 6.42 Å². The van der Waals surface area contributed by atoms with Gasteiger partial charge < -0.3 is 24.8 Å². The van der Waals surface area contributed by atoms with E-state index in [1.165, 1.54) is 6.07 Å². The summed E-state index contributed by atoms with van der Waals surface area (Å²) >= 11 is 0. The summed E-state index contributed by atoms with van der Waals surface area (Å²) in [7, 11) is 1.62. The molecular weight excluding hydrogens is 490 g/mol. The summed E-state index contributed by atoms with van der Waals surface area (Å²) in [6.07, 6.45) is -3.59. The largest absolute Gasteiger partial charge is 0.484 e. The van der Waals surface area contributed by atoms with Crippen molar-refractivity contribution in [2.24, 2.45) is 4.99 Å². The van der Waals surface area contributed by atoms with Crippen molar-refractivity contribution < 1.29 is 27.4 Å². The number of guanidine groups is 1. The average molecular weight is 519 g/mol. The van der Waals surface area contributed by atoms with Crippen LogP contribution in [0.15, 0.2) is 29.3 Å². The van der Waals surface area contributed by atoms with Crippen LogP contribution in [0.1, 0.15) is 18.9 Å². The lowest BCUT2D eigenvalue weighted by Gasteiger charge is -2.14. The molecule has 162 valence electrons. The minimum atomic E-state index is -4.38. The van der Waals surface area contributed by atoms with Crippen LogP contribution in [0.2, 0.25) is 0 Å². The number of aliphatic imine (C=N–C) groups is 1. The monoisotopic (exact) mass is 519 g/mol. The fraction of sp³-hybridized carbons (Fsp3) is 0.611. The number of nitrogens with zero attached hydrogens (tertiary/aromatic N) is 1. The second-order valence-corrected chi connectivity index (χ2v) is 5.59. The zero-order chi connectivity index (χ0) is 20.0. The van der Waals surface area contributed by atoms with Gasteiger partial charge in [-0.15, -0.1) is 24.0 Å². The highest BCUT2D eigenvalue weighted by Crippen LogP contribution is 2.22. The second kappa shape index (κ2) is 15.6. The number of methoxy groups -OCH3 is 1. The summed E-state index contributed by atoms with van der Waals surface area (Å²) in [6, 6.07) is 6.58. The smallest absolute Gasteiger partial charge is 0.422 e. The Morgan fingerprint density at radius 2 is 1.86 bits per heavy atom. The molecule has 6 nitrogen and oxygen atoms in total. The fourth-order valence-electron chi connectivity index (χ4n) is 2.07. The van der Waals surface area contributed by atoms with Crippen LogP contribution in [0, 0.1) is 0 Å². The third-order valence-electron chi connectivity index (χ3n) is 3.31. The van der Waals surface area contributed by atoms with Gasteiger partial charge in [-0.2, -0.15) is 13.2 Å². The molecule has 1 aromatic carbocycles. The first-order valence-corrected chi connectivity index (χ1v) is 8.82. The average Bonchev–Trinajstić information content (AvgIpc) is 2.63. The van der Waals surface area contributed by atoms with E-state index in [2.05, 4.69) is 15.6 Å². The van der Waals surface area contributed by atoms with E-state index in [4.69, 9.17) is 14.2 Å². The van der Waals surface area contributed by atoms with Crippen molar-refractivity contribution in [3.05, 3.63) is 29.8 Å². The molecule has 0 radical (unpaired) electrons. The molecule has 0 aromatic heterocycles. The molecule has 0 spiro atoms. The normalized spacial score (nSPS) is 11.7. The predicted octanol–water partition coefficient (Wildman–Crippen LogP) is 3.35. The first-order chi connectivity index (χ1) is 13.0. The molecule has 1 aromatic rings. The highest BCUT2D eigenvalue weighted by Gasteiger charge is 2.28. The summed E-state index contributed by atoms with van der Waals surface area (Å²) in [5, 5.41) is 6.26. The second-order valence-electron chi connectivity index (χ2n) is 5.59. The fourth-order valence-corrected chi connectivity index (χ4v) is 2.07. The lowest BCUT2D eigenvalue weighted by molar-refractivity contribution is -0.153. The van der Waals surface area contributed by atoms with Gasteiger partial charge >= 0.3 is 6.18 Å². The van der Waals surface area contributed by atoms with Crippen molar-refractivity contribution in [3.8, 4) is 5.75 Å². The Morgan fingerprint density at radius 1 is 1.11 bits per heavy atom. The van der Waals surface area contributed by atoms with Gasteiger partial charge in [0.05, 0.1) is 19.8 Å². The number of benzene rings is 1. The van der Waals surface area contributed by atoms with Crippen molar-refractivity contribution in [2.45, 2.75) is 26.1 Å². The van der Waals surface area contributed by atoms with Gasteiger partial charge in [0, 0.05) is 32.4 Å². The van der Waals surface area contributed by atoms with Crippen LogP contribution in [-0.2, 0) is 16.0 Å².